The number of carboxylic acids is 1. The van der Waals surface area contributed by atoms with Gasteiger partial charge < -0.3 is 5.11 Å². The Morgan fingerprint density at radius 1 is 1.14 bits per heavy atom. The number of nitrogens with zero attached hydrogens (tertiary/aromatic N) is 1. The van der Waals surface area contributed by atoms with Gasteiger partial charge in [0.2, 0.25) is 0 Å². The van der Waals surface area contributed by atoms with E-state index in [0.29, 0.717) is 0 Å². The van der Waals surface area contributed by atoms with Gasteiger partial charge in [-0.05, 0) is 0 Å². The van der Waals surface area contributed by atoms with Crippen LogP contribution in [0.15, 0.2) is 36.4 Å². The largest absolute Gasteiger partial charge is 0.481 e. The van der Waals surface area contributed by atoms with E-state index in [1.807, 2.05) is 36.4 Å². The second-order valence-electron chi connectivity index (χ2n) is 2.11. The molecule has 5 heteroatoms. The molecule has 1 rings (SSSR count). The minimum absolute atomic E-state index is 0.500. The fourth-order valence-corrected chi connectivity index (χ4v) is 0.385. The third kappa shape index (κ3) is 49.8. The summed E-state index contributed by atoms with van der Waals surface area (Å²) in [5, 5.41) is 16.2. The van der Waals surface area contributed by atoms with E-state index in [1.54, 1.807) is 0 Å². The number of carbonyl (C=O) groups is 1. The van der Waals surface area contributed by atoms with Crippen molar-refractivity contribution >= 4 is 5.97 Å². The summed E-state index contributed by atoms with van der Waals surface area (Å²) in [5.41, 5.74) is 0. The molecule has 0 aliphatic rings. The van der Waals surface area contributed by atoms with Gasteiger partial charge in [-0.15, -0.1) is 0 Å². The van der Waals surface area contributed by atoms with Crippen LogP contribution in [0.5, 0.6) is 0 Å². The molecule has 0 amide bonds. The van der Waals surface area contributed by atoms with Crippen molar-refractivity contribution < 1.29 is 14.8 Å². The van der Waals surface area contributed by atoms with Gasteiger partial charge in [-0.3, -0.25) is 14.9 Å². The molecular weight excluding hydrogens is 186 g/mol. The molecule has 0 aromatic heterocycles. The number of aliphatic carboxylic acids is 1. The highest BCUT2D eigenvalue weighted by Gasteiger charge is 1.65. The molecule has 1 aromatic carbocycles. The van der Waals surface area contributed by atoms with Crippen LogP contribution in [0, 0.1) is 10.1 Å². The Morgan fingerprint density at radius 2 is 1.21 bits per heavy atom. The topological polar surface area (TPSA) is 80.4 Å². The van der Waals surface area contributed by atoms with E-state index in [2.05, 4.69) is 0 Å². The Kier molecular flexibility index (Phi) is 11.6. The molecule has 0 bridgehead atoms. The van der Waals surface area contributed by atoms with E-state index < -0.39 is 10.9 Å². The molecule has 0 radical (unpaired) electrons. The molecule has 0 aliphatic carbocycles. The fourth-order valence-electron chi connectivity index (χ4n) is 0.385. The molecule has 1 aromatic rings. The second kappa shape index (κ2) is 11.1. The lowest BCUT2D eigenvalue weighted by molar-refractivity contribution is -0.445. The molecule has 78 valence electrons. The first-order valence-electron chi connectivity index (χ1n) is 3.74. The van der Waals surface area contributed by atoms with Crippen molar-refractivity contribution in [3.63, 3.8) is 0 Å². The highest BCUT2D eigenvalue weighted by molar-refractivity contribution is 5.62. The molecule has 14 heavy (non-hydrogen) atoms. The lowest BCUT2D eigenvalue weighted by Crippen LogP contribution is -1.79. The van der Waals surface area contributed by atoms with Gasteiger partial charge in [-0.1, -0.05) is 36.4 Å². The van der Waals surface area contributed by atoms with Gasteiger partial charge in [0, 0.05) is 11.8 Å². The molecule has 0 aliphatic heterocycles. The quantitative estimate of drug-likeness (QED) is 0.509. The van der Waals surface area contributed by atoms with Crippen molar-refractivity contribution in [1.29, 1.82) is 0 Å². The van der Waals surface area contributed by atoms with Crippen LogP contribution in [0.2, 0.25) is 0 Å². The lowest BCUT2D eigenvalue weighted by Gasteiger charge is -1.69. The van der Waals surface area contributed by atoms with Crippen LogP contribution in [0.4, 0.5) is 0 Å². The summed E-state index contributed by atoms with van der Waals surface area (Å²) in [4.78, 5) is 17.3. The van der Waals surface area contributed by atoms with Crippen molar-refractivity contribution in [2.45, 2.75) is 6.92 Å². The first-order chi connectivity index (χ1) is 6.46. The lowest BCUT2D eigenvalue weighted by atomic mass is 10.4. The van der Waals surface area contributed by atoms with Crippen molar-refractivity contribution in [1.82, 2.24) is 0 Å². The number of carboxylic acid groups (broad SMARTS) is 1. The summed E-state index contributed by atoms with van der Waals surface area (Å²) in [5.74, 6) is -0.833. The summed E-state index contributed by atoms with van der Waals surface area (Å²) in [6, 6.07) is 12.0. The number of hydrogen-bond donors (Lipinski definition) is 1. The van der Waals surface area contributed by atoms with E-state index in [-0.39, 0.29) is 0 Å². The van der Waals surface area contributed by atoms with Crippen molar-refractivity contribution in [2.75, 3.05) is 7.05 Å². The maximum Gasteiger partial charge on any atom is 0.300 e. The minimum Gasteiger partial charge on any atom is -0.481 e. The average Bonchev–Trinajstić information content (AvgIpc) is 2.05. The highest BCUT2D eigenvalue weighted by atomic mass is 16.6. The monoisotopic (exact) mass is 199 g/mol. The molecule has 5 nitrogen and oxygen atoms in total. The zero-order chi connectivity index (χ0) is 11.4. The number of rotatable bonds is 0. The van der Waals surface area contributed by atoms with Crippen molar-refractivity contribution in [3.05, 3.63) is 46.5 Å². The van der Waals surface area contributed by atoms with Crippen molar-refractivity contribution in [2.24, 2.45) is 0 Å². The van der Waals surface area contributed by atoms with Gasteiger partial charge in [0.25, 0.3) is 5.97 Å². The molecule has 0 saturated heterocycles. The van der Waals surface area contributed by atoms with Crippen LogP contribution in [0.25, 0.3) is 0 Å². The van der Waals surface area contributed by atoms with Crippen LogP contribution >= 0.6 is 0 Å². The summed E-state index contributed by atoms with van der Waals surface area (Å²) >= 11 is 0. The first-order valence-corrected chi connectivity index (χ1v) is 3.74. The maximum atomic E-state index is 9.00. The predicted octanol–water partition coefficient (Wildman–Crippen LogP) is 1.67. The Bertz CT molecular complexity index is 202. The van der Waals surface area contributed by atoms with Gasteiger partial charge in [0.1, 0.15) is 0 Å². The van der Waals surface area contributed by atoms with E-state index in [0.717, 1.165) is 14.0 Å². The normalized spacial score (nSPS) is 7.00. The molecule has 1 N–H and O–H groups in total. The zero-order valence-electron chi connectivity index (χ0n) is 8.08. The van der Waals surface area contributed by atoms with Crippen LogP contribution < -0.4 is 0 Å². The van der Waals surface area contributed by atoms with E-state index >= 15 is 0 Å². The number of benzene rings is 1. The Morgan fingerprint density at radius 3 is 1.29 bits per heavy atom. The predicted molar refractivity (Wildman–Crippen MR) is 52.7 cm³/mol. The SMILES string of the molecule is CC(=O)O.C[N+](=O)[O-].c1ccccc1. The number of hydrogen-bond acceptors (Lipinski definition) is 3. The summed E-state index contributed by atoms with van der Waals surface area (Å²) in [7, 11) is 0.889. The van der Waals surface area contributed by atoms with Crippen LogP contribution in [0.1, 0.15) is 6.92 Å². The third-order valence-corrected chi connectivity index (χ3v) is 0.667. The fraction of sp³-hybridized carbons (Fsp3) is 0.222. The smallest absolute Gasteiger partial charge is 0.300 e. The van der Waals surface area contributed by atoms with Gasteiger partial charge in [0.05, 0.1) is 0 Å². The van der Waals surface area contributed by atoms with E-state index in [4.69, 9.17) is 20.0 Å². The van der Waals surface area contributed by atoms with E-state index in [9.17, 15) is 0 Å². The summed E-state index contributed by atoms with van der Waals surface area (Å²) in [6.07, 6.45) is 0. The zero-order valence-corrected chi connectivity index (χ0v) is 8.08. The van der Waals surface area contributed by atoms with E-state index in [1.165, 1.54) is 0 Å². The van der Waals surface area contributed by atoms with Crippen LogP contribution in [-0.4, -0.2) is 23.0 Å². The van der Waals surface area contributed by atoms with Crippen LogP contribution in [0.3, 0.4) is 0 Å². The van der Waals surface area contributed by atoms with Gasteiger partial charge in [-0.25, -0.2) is 0 Å². The first kappa shape index (κ1) is 14.6. The summed E-state index contributed by atoms with van der Waals surface area (Å²) < 4.78 is 0. The molecule has 0 spiro atoms. The Balaban J connectivity index is 0. The van der Waals surface area contributed by atoms with Crippen molar-refractivity contribution in [3.8, 4) is 0 Å². The molecule has 0 saturated carbocycles. The Labute approximate surface area is 82.1 Å². The standard InChI is InChI=1S/C6H6.C2H4O2.CH3NO2/c1-2-4-6-5-3-1;2*1-2(3)4/h1-6H;1H3,(H,3,4);1H3. The van der Waals surface area contributed by atoms with Gasteiger partial charge >= 0.3 is 0 Å². The average molecular weight is 199 g/mol. The Hall–Kier alpha value is -1.91. The molecule has 0 fully saturated rings. The molecule has 0 atom stereocenters. The van der Waals surface area contributed by atoms with Crippen LogP contribution in [-0.2, 0) is 4.79 Å². The molecule has 0 unspecified atom stereocenters. The highest BCUT2D eigenvalue weighted by Crippen LogP contribution is 1.79. The maximum absolute atomic E-state index is 9.00. The summed E-state index contributed by atoms with van der Waals surface area (Å²) in [6.45, 7) is 1.08. The second-order valence-corrected chi connectivity index (χ2v) is 2.11. The molecule has 0 heterocycles. The third-order valence-electron chi connectivity index (χ3n) is 0.667. The van der Waals surface area contributed by atoms with Gasteiger partial charge in [0.15, 0.2) is 7.05 Å². The minimum atomic E-state index is -0.833. The molecular formula is C9H13NO4. The number of nitro groups is 1. The van der Waals surface area contributed by atoms with Gasteiger partial charge in [-0.2, -0.15) is 0 Å².